The van der Waals surface area contributed by atoms with E-state index in [2.05, 4.69) is 27.0 Å². The van der Waals surface area contributed by atoms with Gasteiger partial charge in [-0.15, -0.1) is 0 Å². The standard InChI is InChI=1S/C20H19ClN4O3/c1-3-25-12(2)23-16-10-14(4-5-17(16)25)20(26)24-22-11-13-8-15(21)19-18(9-13)27-6-7-28-19/h4-5,8-11H,3,6-7H2,1-2H3,(H,24,26)/b22-11-. The first kappa shape index (κ1) is 18.3. The number of carbonyl (C=O) groups excluding carboxylic acids is 1. The summed E-state index contributed by atoms with van der Waals surface area (Å²) in [6.45, 7) is 5.78. The van der Waals surface area contributed by atoms with Crippen molar-refractivity contribution in [2.45, 2.75) is 20.4 Å². The minimum Gasteiger partial charge on any atom is -0.486 e. The molecule has 0 unspecified atom stereocenters. The number of carbonyl (C=O) groups is 1. The lowest BCUT2D eigenvalue weighted by molar-refractivity contribution is 0.0955. The number of benzene rings is 2. The van der Waals surface area contributed by atoms with Gasteiger partial charge in [0.15, 0.2) is 11.5 Å². The summed E-state index contributed by atoms with van der Waals surface area (Å²) in [4.78, 5) is 16.9. The van der Waals surface area contributed by atoms with E-state index in [1.54, 1.807) is 24.3 Å². The van der Waals surface area contributed by atoms with Gasteiger partial charge < -0.3 is 14.0 Å². The summed E-state index contributed by atoms with van der Waals surface area (Å²) in [5.74, 6) is 1.71. The fourth-order valence-corrected chi connectivity index (χ4v) is 3.50. The van der Waals surface area contributed by atoms with E-state index in [-0.39, 0.29) is 5.91 Å². The van der Waals surface area contributed by atoms with Crippen LogP contribution < -0.4 is 14.9 Å². The zero-order chi connectivity index (χ0) is 19.7. The number of aryl methyl sites for hydroxylation is 2. The molecule has 0 saturated carbocycles. The highest BCUT2D eigenvalue weighted by molar-refractivity contribution is 6.32. The molecular formula is C20H19ClN4O3. The molecule has 1 amide bonds. The highest BCUT2D eigenvalue weighted by Crippen LogP contribution is 2.37. The predicted octanol–water partition coefficient (Wildman–Crippen LogP) is 3.55. The van der Waals surface area contributed by atoms with Gasteiger partial charge in [0.25, 0.3) is 5.91 Å². The number of hydrogen-bond acceptors (Lipinski definition) is 5. The lowest BCUT2D eigenvalue weighted by atomic mass is 10.2. The fourth-order valence-electron chi connectivity index (χ4n) is 3.23. The first-order valence-corrected chi connectivity index (χ1v) is 9.34. The van der Waals surface area contributed by atoms with Crippen molar-refractivity contribution < 1.29 is 14.3 Å². The van der Waals surface area contributed by atoms with Crippen LogP contribution in [0.2, 0.25) is 5.02 Å². The van der Waals surface area contributed by atoms with Crippen molar-refractivity contribution in [3.05, 3.63) is 52.3 Å². The van der Waals surface area contributed by atoms with Crippen molar-refractivity contribution in [2.75, 3.05) is 13.2 Å². The number of fused-ring (bicyclic) bond motifs is 2. The SMILES string of the molecule is CCn1c(C)nc2cc(C(=O)N/N=C\c3cc(Cl)c4c(c3)OCCO4)ccc21. The van der Waals surface area contributed by atoms with E-state index < -0.39 is 0 Å². The second kappa shape index (κ2) is 7.52. The number of imidazole rings is 1. The molecule has 144 valence electrons. The topological polar surface area (TPSA) is 77.7 Å². The van der Waals surface area contributed by atoms with Crippen LogP contribution in [0.25, 0.3) is 11.0 Å². The summed E-state index contributed by atoms with van der Waals surface area (Å²) in [6, 6.07) is 8.90. The van der Waals surface area contributed by atoms with E-state index in [1.165, 1.54) is 6.21 Å². The van der Waals surface area contributed by atoms with Crippen LogP contribution in [-0.4, -0.2) is 34.9 Å². The van der Waals surface area contributed by atoms with Crippen LogP contribution in [-0.2, 0) is 6.54 Å². The zero-order valence-corrected chi connectivity index (χ0v) is 16.3. The van der Waals surface area contributed by atoms with Crippen molar-refractivity contribution in [2.24, 2.45) is 5.10 Å². The van der Waals surface area contributed by atoms with Gasteiger partial charge in [-0.1, -0.05) is 11.6 Å². The van der Waals surface area contributed by atoms with Gasteiger partial charge in [0.2, 0.25) is 0 Å². The van der Waals surface area contributed by atoms with Crippen LogP contribution in [0.15, 0.2) is 35.4 Å². The first-order chi connectivity index (χ1) is 13.6. The zero-order valence-electron chi connectivity index (χ0n) is 15.5. The minimum atomic E-state index is -0.314. The lowest BCUT2D eigenvalue weighted by Crippen LogP contribution is -2.18. The van der Waals surface area contributed by atoms with E-state index in [4.69, 9.17) is 21.1 Å². The van der Waals surface area contributed by atoms with Gasteiger partial charge >= 0.3 is 0 Å². The van der Waals surface area contributed by atoms with Gasteiger partial charge in [-0.25, -0.2) is 10.4 Å². The Morgan fingerprint density at radius 1 is 1.32 bits per heavy atom. The molecule has 4 rings (SSSR count). The average molecular weight is 399 g/mol. The molecule has 1 aromatic heterocycles. The quantitative estimate of drug-likeness (QED) is 0.538. The van der Waals surface area contributed by atoms with Crippen molar-refractivity contribution in [3.63, 3.8) is 0 Å². The molecule has 0 atom stereocenters. The molecule has 0 saturated heterocycles. The van der Waals surface area contributed by atoms with Crippen LogP contribution in [0, 0.1) is 6.92 Å². The Balaban J connectivity index is 1.50. The Labute approximate surface area is 166 Å². The molecule has 1 aliphatic rings. The second-order valence-corrected chi connectivity index (χ2v) is 6.74. The Morgan fingerprint density at radius 3 is 2.96 bits per heavy atom. The van der Waals surface area contributed by atoms with Gasteiger partial charge in [0.1, 0.15) is 19.0 Å². The summed E-state index contributed by atoms with van der Waals surface area (Å²) >= 11 is 6.20. The molecule has 0 bridgehead atoms. The smallest absolute Gasteiger partial charge is 0.271 e. The van der Waals surface area contributed by atoms with Crippen molar-refractivity contribution in [3.8, 4) is 11.5 Å². The van der Waals surface area contributed by atoms with Gasteiger partial charge in [0.05, 0.1) is 22.3 Å². The monoisotopic (exact) mass is 398 g/mol. The van der Waals surface area contributed by atoms with Crippen LogP contribution in [0.1, 0.15) is 28.7 Å². The number of hydrogen-bond donors (Lipinski definition) is 1. The fraction of sp³-hybridized carbons (Fsp3) is 0.250. The normalized spacial score (nSPS) is 13.2. The lowest BCUT2D eigenvalue weighted by Gasteiger charge is -2.19. The molecule has 8 heteroatoms. The third-order valence-corrected chi connectivity index (χ3v) is 4.80. The van der Waals surface area contributed by atoms with E-state index in [0.717, 1.165) is 23.4 Å². The van der Waals surface area contributed by atoms with Gasteiger partial charge in [0, 0.05) is 12.1 Å². The number of ether oxygens (including phenoxy) is 2. The molecule has 3 aromatic rings. The summed E-state index contributed by atoms with van der Waals surface area (Å²) in [7, 11) is 0. The second-order valence-electron chi connectivity index (χ2n) is 6.33. The number of halogens is 1. The molecule has 1 aliphatic heterocycles. The molecule has 7 nitrogen and oxygen atoms in total. The highest BCUT2D eigenvalue weighted by Gasteiger charge is 2.16. The molecule has 0 spiro atoms. The summed E-state index contributed by atoms with van der Waals surface area (Å²) in [5.41, 5.74) is 5.51. The number of amides is 1. The molecule has 0 fully saturated rings. The number of nitrogens with zero attached hydrogens (tertiary/aromatic N) is 3. The molecule has 28 heavy (non-hydrogen) atoms. The maximum atomic E-state index is 12.4. The molecule has 2 heterocycles. The van der Waals surface area contributed by atoms with Crippen molar-refractivity contribution >= 4 is 34.8 Å². The molecule has 2 aromatic carbocycles. The Morgan fingerprint density at radius 2 is 2.14 bits per heavy atom. The third-order valence-electron chi connectivity index (χ3n) is 4.52. The van der Waals surface area contributed by atoms with Crippen LogP contribution in [0.4, 0.5) is 0 Å². The van der Waals surface area contributed by atoms with E-state index in [9.17, 15) is 4.79 Å². The molecule has 0 radical (unpaired) electrons. The number of rotatable bonds is 4. The van der Waals surface area contributed by atoms with Crippen LogP contribution >= 0.6 is 11.6 Å². The van der Waals surface area contributed by atoms with Crippen molar-refractivity contribution in [1.29, 1.82) is 0 Å². The number of nitrogens with one attached hydrogen (secondary N) is 1. The first-order valence-electron chi connectivity index (χ1n) is 8.96. The summed E-state index contributed by atoms with van der Waals surface area (Å²) < 4.78 is 13.1. The van der Waals surface area contributed by atoms with E-state index in [0.29, 0.717) is 40.9 Å². The third kappa shape index (κ3) is 3.41. The molecule has 1 N–H and O–H groups in total. The van der Waals surface area contributed by atoms with E-state index >= 15 is 0 Å². The predicted molar refractivity (Wildman–Crippen MR) is 108 cm³/mol. The minimum absolute atomic E-state index is 0.314. The average Bonchev–Trinajstić information content (AvgIpc) is 3.02. The largest absolute Gasteiger partial charge is 0.486 e. The maximum absolute atomic E-state index is 12.4. The highest BCUT2D eigenvalue weighted by atomic mass is 35.5. The van der Waals surface area contributed by atoms with E-state index in [1.807, 2.05) is 13.0 Å². The van der Waals surface area contributed by atoms with Crippen LogP contribution in [0.5, 0.6) is 11.5 Å². The summed E-state index contributed by atoms with van der Waals surface area (Å²) in [5, 5.41) is 4.46. The van der Waals surface area contributed by atoms with Gasteiger partial charge in [-0.05, 0) is 49.7 Å². The van der Waals surface area contributed by atoms with Crippen molar-refractivity contribution in [1.82, 2.24) is 15.0 Å². The Bertz CT molecular complexity index is 1090. The summed E-state index contributed by atoms with van der Waals surface area (Å²) in [6.07, 6.45) is 1.51. The maximum Gasteiger partial charge on any atom is 0.271 e. The van der Waals surface area contributed by atoms with Crippen LogP contribution in [0.3, 0.4) is 0 Å². The molecule has 0 aliphatic carbocycles. The molecular weight excluding hydrogens is 380 g/mol. The van der Waals surface area contributed by atoms with Gasteiger partial charge in [-0.2, -0.15) is 5.10 Å². The number of aromatic nitrogens is 2. The Hall–Kier alpha value is -3.06. The van der Waals surface area contributed by atoms with Gasteiger partial charge in [-0.3, -0.25) is 4.79 Å². The Kier molecular flexibility index (Phi) is 4.92. The number of hydrazone groups is 1.